The van der Waals surface area contributed by atoms with Crippen LogP contribution in [0.4, 0.5) is 0 Å². The molecule has 1 heterocycles. The van der Waals surface area contributed by atoms with Crippen molar-refractivity contribution in [3.63, 3.8) is 0 Å². The summed E-state index contributed by atoms with van der Waals surface area (Å²) in [7, 11) is 0. The molecule has 2 rings (SSSR count). The van der Waals surface area contributed by atoms with E-state index in [2.05, 4.69) is 21.2 Å². The maximum Gasteiger partial charge on any atom is 0.262 e. The quantitative estimate of drug-likeness (QED) is 0.882. The molecule has 0 aromatic carbocycles. The minimum absolute atomic E-state index is 0.0877. The SMILES string of the molecule is O=C(N[C@H]1CCCC[C@@H]1O)c1sccc1Br. The fourth-order valence-corrected chi connectivity index (χ4v) is 3.42. The number of amides is 1. The first kappa shape index (κ1) is 12.1. The van der Waals surface area contributed by atoms with E-state index < -0.39 is 6.10 Å². The average molecular weight is 304 g/mol. The highest BCUT2D eigenvalue weighted by molar-refractivity contribution is 9.10. The average Bonchev–Trinajstić information content (AvgIpc) is 2.68. The van der Waals surface area contributed by atoms with E-state index in [1.807, 2.05) is 11.4 Å². The maximum absolute atomic E-state index is 11.9. The largest absolute Gasteiger partial charge is 0.391 e. The Hall–Kier alpha value is -0.390. The fourth-order valence-electron chi connectivity index (χ4n) is 1.97. The lowest BCUT2D eigenvalue weighted by molar-refractivity contribution is 0.0719. The normalized spacial score (nSPS) is 25.4. The first-order valence-electron chi connectivity index (χ1n) is 5.40. The lowest BCUT2D eigenvalue weighted by atomic mass is 9.92. The molecule has 2 N–H and O–H groups in total. The molecule has 16 heavy (non-hydrogen) atoms. The highest BCUT2D eigenvalue weighted by Gasteiger charge is 2.25. The molecule has 1 aliphatic carbocycles. The molecule has 3 nitrogen and oxygen atoms in total. The van der Waals surface area contributed by atoms with E-state index in [4.69, 9.17) is 0 Å². The van der Waals surface area contributed by atoms with Gasteiger partial charge in [-0.25, -0.2) is 0 Å². The summed E-state index contributed by atoms with van der Waals surface area (Å²) in [5.74, 6) is -0.0900. The Morgan fingerprint density at radius 2 is 2.25 bits per heavy atom. The number of aliphatic hydroxyl groups is 1. The van der Waals surface area contributed by atoms with Gasteiger partial charge in [0.25, 0.3) is 5.91 Å². The summed E-state index contributed by atoms with van der Waals surface area (Å²) in [5, 5.41) is 14.5. The summed E-state index contributed by atoms with van der Waals surface area (Å²) in [5.41, 5.74) is 0. The van der Waals surface area contributed by atoms with Gasteiger partial charge in [0.1, 0.15) is 4.88 Å². The zero-order chi connectivity index (χ0) is 11.5. The Kier molecular flexibility index (Phi) is 4.00. The molecule has 0 saturated heterocycles. The predicted molar refractivity (Wildman–Crippen MR) is 67.7 cm³/mol. The van der Waals surface area contributed by atoms with Crippen molar-refractivity contribution in [2.75, 3.05) is 0 Å². The minimum atomic E-state index is -0.392. The third kappa shape index (κ3) is 2.64. The number of nitrogens with one attached hydrogen (secondary N) is 1. The van der Waals surface area contributed by atoms with Crippen molar-refractivity contribution >= 4 is 33.2 Å². The van der Waals surface area contributed by atoms with Crippen LogP contribution in [0.3, 0.4) is 0 Å². The lowest BCUT2D eigenvalue weighted by Gasteiger charge is -2.28. The summed E-state index contributed by atoms with van der Waals surface area (Å²) in [6.07, 6.45) is 3.40. The molecule has 5 heteroatoms. The van der Waals surface area contributed by atoms with E-state index in [1.165, 1.54) is 11.3 Å². The Morgan fingerprint density at radius 3 is 2.88 bits per heavy atom. The predicted octanol–water partition coefficient (Wildman–Crippen LogP) is 2.54. The van der Waals surface area contributed by atoms with Gasteiger partial charge in [-0.05, 0) is 40.2 Å². The van der Waals surface area contributed by atoms with Gasteiger partial charge in [0.15, 0.2) is 0 Å². The van der Waals surface area contributed by atoms with Crippen LogP contribution < -0.4 is 5.32 Å². The molecule has 1 saturated carbocycles. The molecule has 0 unspecified atom stereocenters. The van der Waals surface area contributed by atoms with Crippen molar-refractivity contribution in [3.05, 3.63) is 20.8 Å². The molecule has 1 aromatic rings. The summed E-state index contributed by atoms with van der Waals surface area (Å²) in [6.45, 7) is 0. The summed E-state index contributed by atoms with van der Waals surface area (Å²) in [4.78, 5) is 12.6. The van der Waals surface area contributed by atoms with E-state index in [1.54, 1.807) is 0 Å². The van der Waals surface area contributed by atoms with E-state index in [9.17, 15) is 9.90 Å². The van der Waals surface area contributed by atoms with Gasteiger partial charge >= 0.3 is 0 Å². The van der Waals surface area contributed by atoms with Gasteiger partial charge in [0.2, 0.25) is 0 Å². The first-order valence-corrected chi connectivity index (χ1v) is 7.07. The maximum atomic E-state index is 11.9. The summed E-state index contributed by atoms with van der Waals surface area (Å²) < 4.78 is 0.820. The van der Waals surface area contributed by atoms with Crippen molar-refractivity contribution in [1.82, 2.24) is 5.32 Å². The molecular weight excluding hydrogens is 290 g/mol. The Balaban J connectivity index is 1.99. The lowest BCUT2D eigenvalue weighted by Crippen LogP contribution is -2.44. The second-order valence-electron chi connectivity index (χ2n) is 4.03. The highest BCUT2D eigenvalue weighted by atomic mass is 79.9. The molecule has 1 aliphatic rings. The van der Waals surface area contributed by atoms with Gasteiger partial charge < -0.3 is 10.4 Å². The van der Waals surface area contributed by atoms with Crippen molar-refractivity contribution in [3.8, 4) is 0 Å². The molecule has 1 amide bonds. The zero-order valence-electron chi connectivity index (χ0n) is 8.78. The van der Waals surface area contributed by atoms with Gasteiger partial charge in [-0.1, -0.05) is 12.8 Å². The Morgan fingerprint density at radius 1 is 1.50 bits per heavy atom. The van der Waals surface area contributed by atoms with Gasteiger partial charge in [-0.2, -0.15) is 0 Å². The monoisotopic (exact) mass is 303 g/mol. The van der Waals surface area contributed by atoms with E-state index >= 15 is 0 Å². The zero-order valence-corrected chi connectivity index (χ0v) is 11.2. The van der Waals surface area contributed by atoms with Crippen LogP contribution in [0.5, 0.6) is 0 Å². The molecule has 1 aromatic heterocycles. The molecule has 88 valence electrons. The van der Waals surface area contributed by atoms with Crippen LogP contribution in [0.1, 0.15) is 35.4 Å². The second-order valence-corrected chi connectivity index (χ2v) is 5.80. The Bertz CT molecular complexity index is 380. The van der Waals surface area contributed by atoms with Crippen molar-refractivity contribution in [2.45, 2.75) is 37.8 Å². The van der Waals surface area contributed by atoms with E-state index in [0.29, 0.717) is 4.88 Å². The van der Waals surface area contributed by atoms with E-state index in [0.717, 1.165) is 30.2 Å². The third-order valence-electron chi connectivity index (χ3n) is 2.87. The number of halogens is 1. The minimum Gasteiger partial charge on any atom is -0.391 e. The number of carbonyl (C=O) groups is 1. The van der Waals surface area contributed by atoms with Crippen LogP contribution in [0, 0.1) is 0 Å². The summed E-state index contributed by atoms with van der Waals surface area (Å²) in [6, 6.07) is 1.77. The molecule has 0 bridgehead atoms. The molecule has 0 spiro atoms. The van der Waals surface area contributed by atoms with Crippen molar-refractivity contribution in [1.29, 1.82) is 0 Å². The first-order chi connectivity index (χ1) is 7.68. The number of rotatable bonds is 2. The van der Waals surface area contributed by atoms with Gasteiger partial charge in [-0.15, -0.1) is 11.3 Å². The van der Waals surface area contributed by atoms with Gasteiger partial charge in [0, 0.05) is 4.47 Å². The standard InChI is InChI=1S/C11H14BrNO2S/c12-7-5-6-16-10(7)11(15)13-8-3-1-2-4-9(8)14/h5-6,8-9,14H,1-4H2,(H,13,15)/t8-,9-/m0/s1. The van der Waals surface area contributed by atoms with Crippen molar-refractivity contribution in [2.24, 2.45) is 0 Å². The van der Waals surface area contributed by atoms with Crippen LogP contribution in [-0.2, 0) is 0 Å². The van der Waals surface area contributed by atoms with Gasteiger partial charge in [-0.3, -0.25) is 4.79 Å². The van der Waals surface area contributed by atoms with Crippen LogP contribution >= 0.6 is 27.3 Å². The smallest absolute Gasteiger partial charge is 0.262 e. The number of hydrogen-bond acceptors (Lipinski definition) is 3. The Labute approximate surface area is 107 Å². The number of aliphatic hydroxyl groups excluding tert-OH is 1. The number of carbonyl (C=O) groups excluding carboxylic acids is 1. The van der Waals surface area contributed by atoms with Crippen LogP contribution in [0.15, 0.2) is 15.9 Å². The number of thiophene rings is 1. The molecular formula is C11H14BrNO2S. The van der Waals surface area contributed by atoms with Crippen molar-refractivity contribution < 1.29 is 9.90 Å². The summed E-state index contributed by atoms with van der Waals surface area (Å²) >= 11 is 4.74. The fraction of sp³-hybridized carbons (Fsp3) is 0.545. The number of hydrogen-bond donors (Lipinski definition) is 2. The van der Waals surface area contributed by atoms with Crippen LogP contribution in [0.2, 0.25) is 0 Å². The third-order valence-corrected chi connectivity index (χ3v) is 4.71. The molecule has 0 aliphatic heterocycles. The second kappa shape index (κ2) is 5.29. The molecule has 0 radical (unpaired) electrons. The molecule has 2 atom stereocenters. The van der Waals surface area contributed by atoms with Crippen LogP contribution in [-0.4, -0.2) is 23.2 Å². The van der Waals surface area contributed by atoms with E-state index in [-0.39, 0.29) is 11.9 Å². The topological polar surface area (TPSA) is 49.3 Å². The van der Waals surface area contributed by atoms with Crippen LogP contribution in [0.25, 0.3) is 0 Å². The molecule has 1 fully saturated rings. The van der Waals surface area contributed by atoms with Gasteiger partial charge in [0.05, 0.1) is 12.1 Å². The highest BCUT2D eigenvalue weighted by Crippen LogP contribution is 2.24.